The standard InChI is InChI=1S/C36H26N2S.C13H12/c1-38-36(37)30-19-18-29(27-17-16-24-12-8-9-15-26(24)20-27)35-33(30)32-22-28(23-10-4-2-5-11-23)21-31(34(32)39-35)25-13-6-3-7-14-25;1-3-7-12(8-4-1)11-13-9-5-2-6-10-13/h2-22H,1H3,(H2,37,38);1-10H,11H2. The van der Waals surface area contributed by atoms with E-state index in [0.717, 1.165) is 12.0 Å². The van der Waals surface area contributed by atoms with Gasteiger partial charge in [0.1, 0.15) is 5.84 Å². The summed E-state index contributed by atoms with van der Waals surface area (Å²) in [7, 11) is 1.76. The molecule has 2 N–H and O–H groups in total. The lowest BCUT2D eigenvalue weighted by atomic mass is 9.93. The van der Waals surface area contributed by atoms with Gasteiger partial charge in [-0.1, -0.05) is 164 Å². The van der Waals surface area contributed by atoms with E-state index in [2.05, 4.69) is 193 Å². The van der Waals surface area contributed by atoms with E-state index in [9.17, 15) is 0 Å². The van der Waals surface area contributed by atoms with Crippen LogP contribution in [0.1, 0.15) is 16.7 Å². The normalized spacial score (nSPS) is 11.4. The molecule has 0 bridgehead atoms. The SMILES string of the molecule is CN=C(N)c1ccc(-c2ccc3ccccc3c2)c2sc3c(-c4ccccc4)cc(-c4ccccc4)cc3c12.c1ccc(Cc2ccccc2)cc1. The number of rotatable bonds is 6. The highest BCUT2D eigenvalue weighted by atomic mass is 32.1. The molecule has 0 aliphatic heterocycles. The maximum atomic E-state index is 6.53. The van der Waals surface area contributed by atoms with Crippen LogP contribution in [0.5, 0.6) is 0 Å². The Balaban J connectivity index is 0.000000250. The third-order valence-electron chi connectivity index (χ3n) is 9.58. The van der Waals surface area contributed by atoms with Gasteiger partial charge in [-0.05, 0) is 80.4 Å². The lowest BCUT2D eigenvalue weighted by Gasteiger charge is -2.11. The monoisotopic (exact) mass is 686 g/mol. The molecule has 0 saturated heterocycles. The van der Waals surface area contributed by atoms with E-state index >= 15 is 0 Å². The zero-order valence-corrected chi connectivity index (χ0v) is 29.9. The molecule has 52 heavy (non-hydrogen) atoms. The topological polar surface area (TPSA) is 38.4 Å². The lowest BCUT2D eigenvalue weighted by Crippen LogP contribution is -2.13. The molecule has 0 fully saturated rings. The number of aliphatic imine (C=N–C) groups is 1. The van der Waals surface area contributed by atoms with Crippen LogP contribution in [-0.2, 0) is 6.42 Å². The second-order valence-corrected chi connectivity index (χ2v) is 13.9. The zero-order valence-electron chi connectivity index (χ0n) is 29.0. The summed E-state index contributed by atoms with van der Waals surface area (Å²) in [5.74, 6) is 0.552. The van der Waals surface area contributed by atoms with Crippen molar-refractivity contribution in [2.75, 3.05) is 7.05 Å². The Hall–Kier alpha value is -6.29. The maximum absolute atomic E-state index is 6.53. The molecule has 0 radical (unpaired) electrons. The first-order valence-corrected chi connectivity index (χ1v) is 18.4. The summed E-state index contributed by atoms with van der Waals surface area (Å²) in [4.78, 5) is 4.40. The highest BCUT2D eigenvalue weighted by molar-refractivity contribution is 7.27. The molecule has 9 aromatic rings. The fraction of sp³-hybridized carbons (Fsp3) is 0.0408. The third-order valence-corrected chi connectivity index (χ3v) is 10.9. The summed E-state index contributed by atoms with van der Waals surface area (Å²) in [5, 5.41) is 4.85. The maximum Gasteiger partial charge on any atom is 0.126 e. The number of nitrogens with zero attached hydrogens (tertiary/aromatic N) is 1. The van der Waals surface area contributed by atoms with Crippen LogP contribution in [0.15, 0.2) is 193 Å². The van der Waals surface area contributed by atoms with Crippen molar-refractivity contribution in [3.63, 3.8) is 0 Å². The van der Waals surface area contributed by atoms with Crippen molar-refractivity contribution in [3.8, 4) is 33.4 Å². The lowest BCUT2D eigenvalue weighted by molar-refractivity contribution is 1.19. The minimum Gasteiger partial charge on any atom is -0.383 e. The molecule has 1 heterocycles. The van der Waals surface area contributed by atoms with Crippen LogP contribution in [0, 0.1) is 0 Å². The van der Waals surface area contributed by atoms with Gasteiger partial charge in [0.2, 0.25) is 0 Å². The summed E-state index contributed by atoms with van der Waals surface area (Å²) in [6, 6.07) is 66.6. The predicted octanol–water partition coefficient (Wildman–Crippen LogP) is 12.8. The zero-order chi connectivity index (χ0) is 35.3. The van der Waals surface area contributed by atoms with Crippen molar-refractivity contribution in [2.45, 2.75) is 6.42 Å². The molecule has 0 atom stereocenters. The van der Waals surface area contributed by atoms with Crippen LogP contribution in [0.25, 0.3) is 64.3 Å². The first-order chi connectivity index (χ1) is 25.7. The van der Waals surface area contributed by atoms with Gasteiger partial charge in [0, 0.05) is 38.3 Å². The van der Waals surface area contributed by atoms with E-state index in [1.807, 2.05) is 11.3 Å². The van der Waals surface area contributed by atoms with Gasteiger partial charge in [0.15, 0.2) is 0 Å². The molecular formula is C49H38N2S. The predicted molar refractivity (Wildman–Crippen MR) is 225 cm³/mol. The van der Waals surface area contributed by atoms with Crippen LogP contribution in [0.3, 0.4) is 0 Å². The van der Waals surface area contributed by atoms with Crippen LogP contribution >= 0.6 is 11.3 Å². The fourth-order valence-corrected chi connectivity index (χ4v) is 8.34. The molecule has 0 saturated carbocycles. The number of hydrogen-bond donors (Lipinski definition) is 1. The van der Waals surface area contributed by atoms with Crippen molar-refractivity contribution in [1.82, 2.24) is 0 Å². The van der Waals surface area contributed by atoms with Crippen LogP contribution < -0.4 is 5.73 Å². The van der Waals surface area contributed by atoms with Gasteiger partial charge < -0.3 is 5.73 Å². The average molecular weight is 687 g/mol. The van der Waals surface area contributed by atoms with E-state index in [1.165, 1.54) is 75.5 Å². The van der Waals surface area contributed by atoms with Crippen molar-refractivity contribution in [3.05, 3.63) is 205 Å². The summed E-state index contributed by atoms with van der Waals surface area (Å²) in [6.07, 6.45) is 1.03. The van der Waals surface area contributed by atoms with Crippen molar-refractivity contribution in [2.24, 2.45) is 10.7 Å². The Bertz CT molecular complexity index is 2610. The number of thiophene rings is 1. The molecular weight excluding hydrogens is 649 g/mol. The Labute approximate surface area is 309 Å². The third kappa shape index (κ3) is 6.75. The number of hydrogen-bond acceptors (Lipinski definition) is 2. The summed E-state index contributed by atoms with van der Waals surface area (Å²) < 4.78 is 2.49. The summed E-state index contributed by atoms with van der Waals surface area (Å²) >= 11 is 1.85. The van der Waals surface area contributed by atoms with E-state index in [1.54, 1.807) is 7.05 Å². The van der Waals surface area contributed by atoms with Crippen molar-refractivity contribution in [1.29, 1.82) is 0 Å². The first kappa shape index (κ1) is 32.9. The minimum atomic E-state index is 0.552. The van der Waals surface area contributed by atoms with Crippen LogP contribution in [0.2, 0.25) is 0 Å². The average Bonchev–Trinajstić information content (AvgIpc) is 3.61. The number of benzene rings is 8. The summed E-state index contributed by atoms with van der Waals surface area (Å²) in [6.45, 7) is 0. The summed E-state index contributed by atoms with van der Waals surface area (Å²) in [5.41, 5.74) is 17.5. The fourth-order valence-electron chi connectivity index (χ4n) is 6.96. The molecule has 2 nitrogen and oxygen atoms in total. The van der Waals surface area contributed by atoms with Crippen LogP contribution in [0.4, 0.5) is 0 Å². The Morgan fingerprint density at radius 3 is 1.69 bits per heavy atom. The minimum absolute atomic E-state index is 0.552. The van der Waals surface area contributed by atoms with Gasteiger partial charge >= 0.3 is 0 Å². The van der Waals surface area contributed by atoms with Crippen LogP contribution in [-0.4, -0.2) is 12.9 Å². The second-order valence-electron chi connectivity index (χ2n) is 12.9. The second kappa shape index (κ2) is 14.9. The molecule has 9 rings (SSSR count). The largest absolute Gasteiger partial charge is 0.383 e. The van der Waals surface area contributed by atoms with Gasteiger partial charge in [-0.2, -0.15) is 0 Å². The molecule has 3 heteroatoms. The van der Waals surface area contributed by atoms with E-state index in [4.69, 9.17) is 5.73 Å². The van der Waals surface area contributed by atoms with Gasteiger partial charge in [-0.15, -0.1) is 11.3 Å². The Morgan fingerprint density at radius 2 is 1.06 bits per heavy atom. The van der Waals surface area contributed by atoms with Crippen molar-refractivity contribution < 1.29 is 0 Å². The quantitative estimate of drug-likeness (QED) is 0.137. The van der Waals surface area contributed by atoms with Gasteiger partial charge in [-0.3, -0.25) is 4.99 Å². The van der Waals surface area contributed by atoms with Crippen molar-refractivity contribution >= 4 is 48.1 Å². The molecule has 1 aromatic heterocycles. The number of nitrogens with two attached hydrogens (primary N) is 1. The first-order valence-electron chi connectivity index (χ1n) is 17.6. The number of amidine groups is 1. The van der Waals surface area contributed by atoms with Gasteiger partial charge in [-0.25, -0.2) is 0 Å². The number of fused-ring (bicyclic) bond motifs is 4. The van der Waals surface area contributed by atoms with E-state index in [-0.39, 0.29) is 0 Å². The van der Waals surface area contributed by atoms with E-state index < -0.39 is 0 Å². The van der Waals surface area contributed by atoms with Gasteiger partial charge in [0.05, 0.1) is 0 Å². The highest BCUT2D eigenvalue weighted by Crippen LogP contribution is 2.47. The Kier molecular flexibility index (Phi) is 9.43. The molecule has 250 valence electrons. The molecule has 0 amide bonds. The molecule has 0 unspecified atom stereocenters. The van der Waals surface area contributed by atoms with Gasteiger partial charge in [0.25, 0.3) is 0 Å². The highest BCUT2D eigenvalue weighted by Gasteiger charge is 2.20. The molecule has 0 spiro atoms. The van der Waals surface area contributed by atoms with E-state index in [0.29, 0.717) is 5.84 Å². The molecule has 8 aromatic carbocycles. The Morgan fingerprint density at radius 1 is 0.481 bits per heavy atom. The smallest absolute Gasteiger partial charge is 0.126 e. The molecule has 0 aliphatic carbocycles. The molecule has 0 aliphatic rings.